The van der Waals surface area contributed by atoms with Gasteiger partial charge in [0.15, 0.2) is 0 Å². The van der Waals surface area contributed by atoms with E-state index in [2.05, 4.69) is 10.2 Å². The lowest BCUT2D eigenvalue weighted by Crippen LogP contribution is -2.44. The summed E-state index contributed by atoms with van der Waals surface area (Å²) in [7, 11) is 0. The molecule has 1 saturated heterocycles. The van der Waals surface area contributed by atoms with Gasteiger partial charge in [0.25, 0.3) is 0 Å². The second-order valence-corrected chi connectivity index (χ2v) is 5.03. The van der Waals surface area contributed by atoms with Crippen LogP contribution in [0.3, 0.4) is 0 Å². The van der Waals surface area contributed by atoms with E-state index in [-0.39, 0.29) is 11.1 Å². The molecule has 5 heteroatoms. The number of nitrogens with zero attached hydrogens (tertiary/aromatic N) is 1. The SMILES string of the molecule is C[C@@H](c1c(Cl)ccc(Cl)c1F)N1CCNCC1. The third-order valence-corrected chi connectivity index (χ3v) is 3.82. The molecule has 2 nitrogen and oxygen atoms in total. The monoisotopic (exact) mass is 276 g/mol. The Morgan fingerprint density at radius 2 is 1.82 bits per heavy atom. The van der Waals surface area contributed by atoms with Gasteiger partial charge in [0.05, 0.1) is 5.02 Å². The van der Waals surface area contributed by atoms with Gasteiger partial charge in [-0.05, 0) is 19.1 Å². The molecular formula is C12H15Cl2FN2. The van der Waals surface area contributed by atoms with Crippen LogP contribution >= 0.6 is 23.2 Å². The van der Waals surface area contributed by atoms with Crippen molar-refractivity contribution in [3.05, 3.63) is 33.6 Å². The van der Waals surface area contributed by atoms with Gasteiger partial charge in [0.1, 0.15) is 5.82 Å². The Morgan fingerprint density at radius 1 is 1.24 bits per heavy atom. The predicted octanol–water partition coefficient (Wildman–Crippen LogP) is 3.10. The molecule has 0 aromatic heterocycles. The summed E-state index contributed by atoms with van der Waals surface area (Å²) >= 11 is 11.9. The summed E-state index contributed by atoms with van der Waals surface area (Å²) in [6.45, 7) is 5.59. The van der Waals surface area contributed by atoms with Crippen molar-refractivity contribution in [2.75, 3.05) is 26.2 Å². The number of nitrogens with one attached hydrogen (secondary N) is 1. The summed E-state index contributed by atoms with van der Waals surface area (Å²) in [6, 6.07) is 3.09. The van der Waals surface area contributed by atoms with E-state index >= 15 is 0 Å². The molecule has 94 valence electrons. The molecule has 1 atom stereocenters. The average molecular weight is 277 g/mol. The van der Waals surface area contributed by atoms with Crippen molar-refractivity contribution in [3.8, 4) is 0 Å². The topological polar surface area (TPSA) is 15.3 Å². The lowest BCUT2D eigenvalue weighted by atomic mass is 10.1. The fraction of sp³-hybridized carbons (Fsp3) is 0.500. The van der Waals surface area contributed by atoms with Crippen LogP contribution in [-0.4, -0.2) is 31.1 Å². The molecule has 1 aromatic rings. The number of hydrogen-bond acceptors (Lipinski definition) is 2. The second kappa shape index (κ2) is 5.53. The van der Waals surface area contributed by atoms with Gasteiger partial charge in [-0.2, -0.15) is 0 Å². The number of piperazine rings is 1. The summed E-state index contributed by atoms with van der Waals surface area (Å²) in [5.74, 6) is -0.398. The molecule has 1 N–H and O–H groups in total. The molecule has 1 aliphatic rings. The largest absolute Gasteiger partial charge is 0.314 e. The number of halogens is 3. The lowest BCUT2D eigenvalue weighted by molar-refractivity contribution is 0.182. The van der Waals surface area contributed by atoms with E-state index in [1.54, 1.807) is 6.07 Å². The molecule has 1 fully saturated rings. The van der Waals surface area contributed by atoms with E-state index < -0.39 is 5.82 Å². The van der Waals surface area contributed by atoms with Crippen molar-refractivity contribution in [2.45, 2.75) is 13.0 Å². The molecular weight excluding hydrogens is 262 g/mol. The molecule has 0 radical (unpaired) electrons. The number of benzene rings is 1. The van der Waals surface area contributed by atoms with Gasteiger partial charge in [-0.15, -0.1) is 0 Å². The van der Waals surface area contributed by atoms with Gasteiger partial charge < -0.3 is 5.32 Å². The molecule has 1 heterocycles. The summed E-state index contributed by atoms with van der Waals surface area (Å²) in [5, 5.41) is 3.84. The molecule has 0 amide bonds. The van der Waals surface area contributed by atoms with Crippen molar-refractivity contribution in [2.24, 2.45) is 0 Å². The first-order chi connectivity index (χ1) is 8.11. The Kier molecular flexibility index (Phi) is 4.26. The highest BCUT2D eigenvalue weighted by atomic mass is 35.5. The molecule has 17 heavy (non-hydrogen) atoms. The van der Waals surface area contributed by atoms with Crippen molar-refractivity contribution < 1.29 is 4.39 Å². The zero-order valence-corrected chi connectivity index (χ0v) is 11.2. The average Bonchev–Trinajstić information content (AvgIpc) is 2.35. The van der Waals surface area contributed by atoms with E-state index in [0.29, 0.717) is 10.6 Å². The maximum atomic E-state index is 14.0. The number of rotatable bonds is 2. The maximum absolute atomic E-state index is 14.0. The van der Waals surface area contributed by atoms with Crippen molar-refractivity contribution in [1.29, 1.82) is 0 Å². The Balaban J connectivity index is 2.29. The third kappa shape index (κ3) is 2.74. The van der Waals surface area contributed by atoms with Gasteiger partial charge in [0.2, 0.25) is 0 Å². The molecule has 0 bridgehead atoms. The number of hydrogen-bond donors (Lipinski definition) is 1. The molecule has 2 rings (SSSR count). The van der Waals surface area contributed by atoms with Gasteiger partial charge in [-0.1, -0.05) is 23.2 Å². The lowest BCUT2D eigenvalue weighted by Gasteiger charge is -2.33. The Hall–Kier alpha value is -0.350. The van der Waals surface area contributed by atoms with Crippen LogP contribution in [0.5, 0.6) is 0 Å². The zero-order valence-electron chi connectivity index (χ0n) is 9.64. The Labute approximate surface area is 111 Å². The highest BCUT2D eigenvalue weighted by Crippen LogP contribution is 2.33. The summed E-state index contributed by atoms with van der Waals surface area (Å²) in [6.07, 6.45) is 0. The molecule has 1 aliphatic heterocycles. The molecule has 0 saturated carbocycles. The first-order valence-electron chi connectivity index (χ1n) is 5.69. The smallest absolute Gasteiger partial charge is 0.148 e. The van der Waals surface area contributed by atoms with E-state index in [4.69, 9.17) is 23.2 Å². The van der Waals surface area contributed by atoms with Crippen molar-refractivity contribution in [1.82, 2.24) is 10.2 Å². The molecule has 0 unspecified atom stereocenters. The van der Waals surface area contributed by atoms with Crippen LogP contribution in [0.15, 0.2) is 12.1 Å². The van der Waals surface area contributed by atoms with Crippen LogP contribution in [0.25, 0.3) is 0 Å². The van der Waals surface area contributed by atoms with Crippen molar-refractivity contribution >= 4 is 23.2 Å². The van der Waals surface area contributed by atoms with Crippen molar-refractivity contribution in [3.63, 3.8) is 0 Å². The van der Waals surface area contributed by atoms with E-state index in [0.717, 1.165) is 26.2 Å². The Morgan fingerprint density at radius 3 is 2.47 bits per heavy atom. The van der Waals surface area contributed by atoms with Gasteiger partial charge in [-0.25, -0.2) is 4.39 Å². The first kappa shape index (κ1) is 13.1. The van der Waals surface area contributed by atoms with Gasteiger partial charge in [-0.3, -0.25) is 4.90 Å². The first-order valence-corrected chi connectivity index (χ1v) is 6.45. The minimum absolute atomic E-state index is 0.0525. The Bertz CT molecular complexity index is 406. The van der Waals surface area contributed by atoms with Crippen LogP contribution < -0.4 is 5.32 Å². The standard InChI is InChI=1S/C12H15Cl2FN2/c1-8(17-6-4-16-5-7-17)11-9(13)2-3-10(14)12(11)15/h2-3,8,16H,4-7H2,1H3/t8-/m0/s1. The van der Waals surface area contributed by atoms with Crippen LogP contribution in [0.1, 0.15) is 18.5 Å². The molecule has 0 spiro atoms. The van der Waals surface area contributed by atoms with Crippen LogP contribution in [-0.2, 0) is 0 Å². The second-order valence-electron chi connectivity index (χ2n) is 4.22. The van der Waals surface area contributed by atoms with Crippen LogP contribution in [0, 0.1) is 5.82 Å². The van der Waals surface area contributed by atoms with E-state index in [1.165, 1.54) is 6.07 Å². The minimum Gasteiger partial charge on any atom is -0.314 e. The third-order valence-electron chi connectivity index (χ3n) is 3.20. The van der Waals surface area contributed by atoms with E-state index in [1.807, 2.05) is 6.92 Å². The minimum atomic E-state index is -0.398. The summed E-state index contributed by atoms with van der Waals surface area (Å²) in [5.41, 5.74) is 0.501. The fourth-order valence-electron chi connectivity index (χ4n) is 2.18. The molecule has 0 aliphatic carbocycles. The summed E-state index contributed by atoms with van der Waals surface area (Å²) in [4.78, 5) is 2.21. The fourth-order valence-corrected chi connectivity index (χ4v) is 2.65. The normalized spacial score (nSPS) is 19.3. The zero-order chi connectivity index (χ0) is 12.4. The predicted molar refractivity (Wildman–Crippen MR) is 69.3 cm³/mol. The summed E-state index contributed by atoms with van der Waals surface area (Å²) < 4.78 is 14.0. The van der Waals surface area contributed by atoms with E-state index in [9.17, 15) is 4.39 Å². The highest BCUT2D eigenvalue weighted by molar-refractivity contribution is 6.33. The molecule has 1 aromatic carbocycles. The highest BCUT2D eigenvalue weighted by Gasteiger charge is 2.24. The quantitative estimate of drug-likeness (QED) is 0.836. The van der Waals surface area contributed by atoms with Crippen LogP contribution in [0.4, 0.5) is 4.39 Å². The maximum Gasteiger partial charge on any atom is 0.148 e. The van der Waals surface area contributed by atoms with Gasteiger partial charge >= 0.3 is 0 Å². The van der Waals surface area contributed by atoms with Gasteiger partial charge in [0, 0.05) is 42.8 Å². The van der Waals surface area contributed by atoms with Crippen LogP contribution in [0.2, 0.25) is 10.0 Å².